The number of nitrogens with two attached hydrogens (primary N) is 1. The predicted octanol–water partition coefficient (Wildman–Crippen LogP) is 2.08. The highest BCUT2D eigenvalue weighted by Crippen LogP contribution is 2.22. The van der Waals surface area contributed by atoms with Gasteiger partial charge >= 0.3 is 0 Å². The third kappa shape index (κ3) is 7.07. The highest BCUT2D eigenvalue weighted by molar-refractivity contribution is 7.99. The lowest BCUT2D eigenvalue weighted by Gasteiger charge is -2.35. The van der Waals surface area contributed by atoms with Gasteiger partial charge in [-0.15, -0.1) is 0 Å². The second-order valence-electron chi connectivity index (χ2n) is 7.97. The van der Waals surface area contributed by atoms with E-state index in [4.69, 9.17) is 5.73 Å². The molecular formula is C24H32N4O3S2. The van der Waals surface area contributed by atoms with Gasteiger partial charge in [-0.05, 0) is 16.7 Å². The number of piperazine rings is 1. The van der Waals surface area contributed by atoms with Gasteiger partial charge < -0.3 is 16.0 Å². The molecule has 2 aromatic rings. The van der Waals surface area contributed by atoms with E-state index in [-0.39, 0.29) is 5.91 Å². The van der Waals surface area contributed by atoms with Gasteiger partial charge in [-0.1, -0.05) is 61.2 Å². The Morgan fingerprint density at radius 1 is 1.06 bits per heavy atom. The number of thioether (sulfide) groups is 1. The average Bonchev–Trinajstić information content (AvgIpc) is 2.83. The van der Waals surface area contributed by atoms with Crippen LogP contribution in [0.3, 0.4) is 0 Å². The number of carbonyl (C=O) groups excluding carboxylic acids is 1. The van der Waals surface area contributed by atoms with Crippen molar-refractivity contribution < 1.29 is 13.2 Å². The number of hydrogen-bond donors (Lipinski definition) is 2. The average molecular weight is 489 g/mol. The van der Waals surface area contributed by atoms with Crippen LogP contribution in [0.5, 0.6) is 0 Å². The molecule has 0 bridgehead atoms. The van der Waals surface area contributed by atoms with Gasteiger partial charge in [-0.25, -0.2) is 8.42 Å². The number of rotatable bonds is 10. The van der Waals surface area contributed by atoms with Crippen molar-refractivity contribution in [2.75, 3.05) is 50.5 Å². The standard InChI is InChI=1S/C24H32N4O3S2/c1-19(20-8-10-22(11-9-20)21-6-4-3-5-7-21)26-23(18-32-17-12-25)24(29)27-13-15-28(16-14-27)33(2,30)31/h3-11,23,26H,1,12-18,25H2,2H3/t23-/m0/s1. The third-order valence-corrected chi connectivity index (χ3v) is 7.95. The van der Waals surface area contributed by atoms with Gasteiger partial charge in [0.2, 0.25) is 15.9 Å². The van der Waals surface area contributed by atoms with Crippen LogP contribution in [0.4, 0.5) is 0 Å². The van der Waals surface area contributed by atoms with E-state index in [2.05, 4.69) is 24.0 Å². The van der Waals surface area contributed by atoms with Gasteiger partial charge in [0.15, 0.2) is 0 Å². The van der Waals surface area contributed by atoms with E-state index in [0.717, 1.165) is 22.4 Å². The largest absolute Gasteiger partial charge is 0.373 e. The molecule has 9 heteroatoms. The molecule has 1 fully saturated rings. The monoisotopic (exact) mass is 488 g/mol. The maximum Gasteiger partial charge on any atom is 0.246 e. The molecule has 1 saturated heterocycles. The predicted molar refractivity (Wildman–Crippen MR) is 137 cm³/mol. The van der Waals surface area contributed by atoms with E-state index in [1.54, 1.807) is 16.7 Å². The Bertz CT molecular complexity index is 1040. The van der Waals surface area contributed by atoms with Crippen LogP contribution >= 0.6 is 11.8 Å². The Balaban J connectivity index is 1.66. The molecule has 1 heterocycles. The molecule has 0 saturated carbocycles. The Labute approximate surface area is 201 Å². The number of amides is 1. The Hall–Kier alpha value is -2.33. The molecular weight excluding hydrogens is 456 g/mol. The fourth-order valence-electron chi connectivity index (χ4n) is 3.71. The van der Waals surface area contributed by atoms with E-state index < -0.39 is 16.1 Å². The van der Waals surface area contributed by atoms with Crippen molar-refractivity contribution >= 4 is 33.4 Å². The van der Waals surface area contributed by atoms with Crippen molar-refractivity contribution in [3.8, 4) is 11.1 Å². The zero-order valence-corrected chi connectivity index (χ0v) is 20.6. The van der Waals surface area contributed by atoms with Gasteiger partial charge in [0.1, 0.15) is 6.04 Å². The van der Waals surface area contributed by atoms with Crippen molar-refractivity contribution in [3.63, 3.8) is 0 Å². The van der Waals surface area contributed by atoms with Crippen LogP contribution in [0.2, 0.25) is 0 Å². The van der Waals surface area contributed by atoms with E-state index in [9.17, 15) is 13.2 Å². The van der Waals surface area contributed by atoms with Crippen molar-refractivity contribution in [3.05, 3.63) is 66.7 Å². The summed E-state index contributed by atoms with van der Waals surface area (Å²) in [4.78, 5) is 15.0. The molecule has 1 aliphatic heterocycles. The second kappa shape index (κ2) is 11.7. The number of nitrogens with one attached hydrogen (secondary N) is 1. The molecule has 0 spiro atoms. The second-order valence-corrected chi connectivity index (χ2v) is 11.1. The minimum absolute atomic E-state index is 0.0465. The fourth-order valence-corrected chi connectivity index (χ4v) is 5.33. The summed E-state index contributed by atoms with van der Waals surface area (Å²) in [6, 6.07) is 17.8. The Morgan fingerprint density at radius 3 is 2.24 bits per heavy atom. The van der Waals surface area contributed by atoms with Crippen LogP contribution in [0.15, 0.2) is 61.2 Å². The van der Waals surface area contributed by atoms with Crippen molar-refractivity contribution in [2.45, 2.75) is 6.04 Å². The smallest absolute Gasteiger partial charge is 0.246 e. The minimum atomic E-state index is -3.24. The summed E-state index contributed by atoms with van der Waals surface area (Å²) in [6.07, 6.45) is 1.20. The first-order valence-electron chi connectivity index (χ1n) is 10.9. The Kier molecular flexibility index (Phi) is 8.96. The van der Waals surface area contributed by atoms with E-state index in [1.165, 1.54) is 10.6 Å². The topological polar surface area (TPSA) is 95.7 Å². The molecule has 1 aliphatic rings. The van der Waals surface area contributed by atoms with Crippen LogP contribution in [-0.2, 0) is 14.8 Å². The quantitative estimate of drug-likeness (QED) is 0.497. The SMILES string of the molecule is C=C(N[C@@H](CSCCN)C(=O)N1CCN(S(C)(=O)=O)CC1)c1ccc(-c2ccccc2)cc1. The van der Waals surface area contributed by atoms with Gasteiger partial charge in [0.25, 0.3) is 0 Å². The van der Waals surface area contributed by atoms with Crippen molar-refractivity contribution in [2.24, 2.45) is 5.73 Å². The van der Waals surface area contributed by atoms with Crippen molar-refractivity contribution in [1.82, 2.24) is 14.5 Å². The first kappa shape index (κ1) is 25.3. The lowest BCUT2D eigenvalue weighted by atomic mass is 10.0. The highest BCUT2D eigenvalue weighted by Gasteiger charge is 2.30. The summed E-state index contributed by atoms with van der Waals surface area (Å²) in [5.74, 6) is 1.27. The highest BCUT2D eigenvalue weighted by atomic mass is 32.2. The molecule has 178 valence electrons. The van der Waals surface area contributed by atoms with E-state index in [0.29, 0.717) is 44.2 Å². The molecule has 1 atom stereocenters. The van der Waals surface area contributed by atoms with E-state index >= 15 is 0 Å². The van der Waals surface area contributed by atoms with Crippen LogP contribution in [0, 0.1) is 0 Å². The lowest BCUT2D eigenvalue weighted by Crippen LogP contribution is -2.55. The van der Waals surface area contributed by atoms with E-state index in [1.807, 2.05) is 42.5 Å². The third-order valence-electron chi connectivity index (χ3n) is 5.55. The summed E-state index contributed by atoms with van der Waals surface area (Å²) in [6.45, 7) is 6.09. The molecule has 33 heavy (non-hydrogen) atoms. The lowest BCUT2D eigenvalue weighted by molar-refractivity contribution is -0.133. The first-order chi connectivity index (χ1) is 15.8. The maximum absolute atomic E-state index is 13.3. The van der Waals surface area contributed by atoms with Gasteiger partial charge in [0, 0.05) is 49.9 Å². The zero-order valence-electron chi connectivity index (χ0n) is 18.9. The summed E-state index contributed by atoms with van der Waals surface area (Å²) < 4.78 is 25.0. The van der Waals surface area contributed by atoms with Crippen LogP contribution in [0.25, 0.3) is 16.8 Å². The summed E-state index contributed by atoms with van der Waals surface area (Å²) in [5, 5.41) is 3.31. The zero-order chi connectivity index (χ0) is 23.8. The molecule has 3 N–H and O–H groups in total. The Morgan fingerprint density at radius 2 is 1.67 bits per heavy atom. The molecule has 3 rings (SSSR count). The maximum atomic E-state index is 13.3. The number of benzene rings is 2. The molecule has 2 aromatic carbocycles. The normalized spacial score (nSPS) is 15.8. The number of carbonyl (C=O) groups is 1. The summed E-state index contributed by atoms with van der Waals surface area (Å²) in [5.41, 5.74) is 9.47. The number of sulfonamides is 1. The van der Waals surface area contributed by atoms with Gasteiger partial charge in [0.05, 0.1) is 6.26 Å². The van der Waals surface area contributed by atoms with Crippen LogP contribution in [0.1, 0.15) is 5.56 Å². The summed E-state index contributed by atoms with van der Waals surface area (Å²) >= 11 is 1.61. The van der Waals surface area contributed by atoms with Gasteiger partial charge in [-0.3, -0.25) is 4.79 Å². The summed E-state index contributed by atoms with van der Waals surface area (Å²) in [7, 11) is -3.24. The van der Waals surface area contributed by atoms with Gasteiger partial charge in [-0.2, -0.15) is 16.1 Å². The first-order valence-corrected chi connectivity index (χ1v) is 13.9. The molecule has 0 aromatic heterocycles. The van der Waals surface area contributed by atoms with Crippen LogP contribution < -0.4 is 11.1 Å². The number of nitrogens with zero attached hydrogens (tertiary/aromatic N) is 2. The molecule has 0 radical (unpaired) electrons. The number of hydrogen-bond acceptors (Lipinski definition) is 6. The van der Waals surface area contributed by atoms with Crippen molar-refractivity contribution in [1.29, 1.82) is 0 Å². The molecule has 7 nitrogen and oxygen atoms in total. The molecule has 0 unspecified atom stereocenters. The molecule has 1 amide bonds. The fraction of sp³-hybridized carbons (Fsp3) is 0.375. The molecule has 0 aliphatic carbocycles. The van der Waals surface area contributed by atoms with Crippen LogP contribution in [-0.4, -0.2) is 80.1 Å². The minimum Gasteiger partial charge on any atom is -0.373 e.